The lowest BCUT2D eigenvalue weighted by Gasteiger charge is -2.57. The summed E-state index contributed by atoms with van der Waals surface area (Å²) in [6.07, 6.45) is 3.14. The number of ether oxygens (including phenoxy) is 2. The number of aliphatic hydroxyl groups excluding tert-OH is 1. The summed E-state index contributed by atoms with van der Waals surface area (Å²) in [6.45, 7) is 3.11. The molecule has 3 heteroatoms. The average molecular weight is 260 g/mol. The molecule has 2 aliphatic heterocycles. The van der Waals surface area contributed by atoms with Crippen molar-refractivity contribution in [3.63, 3.8) is 0 Å². The Morgan fingerprint density at radius 2 is 2.16 bits per heavy atom. The fraction of sp³-hybridized carbons (Fsp3) is 0.625. The molecule has 19 heavy (non-hydrogen) atoms. The normalized spacial score (nSPS) is 43.3. The lowest BCUT2D eigenvalue weighted by atomic mass is 9.59. The molecule has 3 nitrogen and oxygen atoms in total. The summed E-state index contributed by atoms with van der Waals surface area (Å²) < 4.78 is 12.5. The van der Waals surface area contributed by atoms with Gasteiger partial charge in [-0.1, -0.05) is 18.2 Å². The van der Waals surface area contributed by atoms with Crippen molar-refractivity contribution in [3.05, 3.63) is 29.8 Å². The van der Waals surface area contributed by atoms with Gasteiger partial charge in [-0.2, -0.15) is 0 Å². The molecule has 1 saturated heterocycles. The van der Waals surface area contributed by atoms with E-state index in [2.05, 4.69) is 13.0 Å². The van der Waals surface area contributed by atoms with Gasteiger partial charge in [-0.15, -0.1) is 0 Å². The van der Waals surface area contributed by atoms with Gasteiger partial charge in [0, 0.05) is 16.9 Å². The number of para-hydroxylation sites is 1. The van der Waals surface area contributed by atoms with Crippen molar-refractivity contribution in [2.45, 2.75) is 37.9 Å². The molecule has 0 unspecified atom stereocenters. The molecular weight excluding hydrogens is 240 g/mol. The first-order valence-corrected chi connectivity index (χ1v) is 7.16. The number of benzene rings is 1. The summed E-state index contributed by atoms with van der Waals surface area (Å²) in [5.41, 5.74) is 1.01. The Morgan fingerprint density at radius 1 is 1.32 bits per heavy atom. The maximum atomic E-state index is 9.71. The third-order valence-corrected chi connectivity index (χ3v) is 5.43. The molecule has 1 saturated carbocycles. The fourth-order valence-electron chi connectivity index (χ4n) is 4.11. The van der Waals surface area contributed by atoms with E-state index in [0.29, 0.717) is 12.5 Å². The van der Waals surface area contributed by atoms with E-state index in [0.717, 1.165) is 25.0 Å². The maximum Gasteiger partial charge on any atom is 0.125 e. The lowest BCUT2D eigenvalue weighted by Crippen LogP contribution is -2.58. The van der Waals surface area contributed by atoms with Crippen LogP contribution in [0.25, 0.3) is 0 Å². The van der Waals surface area contributed by atoms with Crippen molar-refractivity contribution >= 4 is 0 Å². The molecule has 4 atom stereocenters. The highest BCUT2D eigenvalue weighted by molar-refractivity contribution is 5.39. The summed E-state index contributed by atoms with van der Waals surface area (Å²) >= 11 is 0. The third kappa shape index (κ3) is 1.52. The number of hydrogen-bond donors (Lipinski definition) is 1. The molecular formula is C16H20O3. The van der Waals surface area contributed by atoms with Crippen LogP contribution in [0.4, 0.5) is 0 Å². The largest absolute Gasteiger partial charge is 0.487 e. The zero-order chi connectivity index (χ0) is 13.1. The first-order valence-electron chi connectivity index (χ1n) is 7.16. The second-order valence-corrected chi connectivity index (χ2v) is 6.65. The van der Waals surface area contributed by atoms with Crippen molar-refractivity contribution in [1.29, 1.82) is 0 Å². The highest BCUT2D eigenvalue weighted by atomic mass is 16.5. The Hall–Kier alpha value is -1.06. The number of rotatable bonds is 1. The van der Waals surface area contributed by atoms with Crippen LogP contribution in [0, 0.1) is 11.3 Å². The molecule has 1 aromatic carbocycles. The molecule has 0 radical (unpaired) electrons. The Balaban J connectivity index is 1.80. The SMILES string of the molecule is C[C@@]12CC[C@@]3(CO)CO[C@@H](c4ccccc4O1)[C@@H]2C3. The van der Waals surface area contributed by atoms with E-state index < -0.39 is 0 Å². The minimum atomic E-state index is -0.141. The van der Waals surface area contributed by atoms with Gasteiger partial charge in [0.25, 0.3) is 0 Å². The number of hydrogen-bond acceptors (Lipinski definition) is 3. The van der Waals surface area contributed by atoms with E-state index in [1.807, 2.05) is 18.2 Å². The second kappa shape index (κ2) is 3.74. The molecule has 1 N–H and O–H groups in total. The summed E-state index contributed by atoms with van der Waals surface area (Å²) in [7, 11) is 0. The van der Waals surface area contributed by atoms with Crippen LogP contribution in [-0.2, 0) is 4.74 Å². The van der Waals surface area contributed by atoms with Gasteiger partial charge >= 0.3 is 0 Å². The molecule has 2 fully saturated rings. The zero-order valence-corrected chi connectivity index (χ0v) is 11.3. The Labute approximate surface area is 113 Å². The van der Waals surface area contributed by atoms with Gasteiger partial charge in [-0.05, 0) is 32.3 Å². The average Bonchev–Trinajstić information content (AvgIpc) is 2.45. The van der Waals surface area contributed by atoms with E-state index >= 15 is 0 Å². The Kier molecular flexibility index (Phi) is 2.31. The molecule has 2 heterocycles. The standard InChI is InChI=1S/C16H20O3/c1-15-6-7-16(9-17)8-12(15)14(18-10-16)11-4-2-3-5-13(11)19-15/h2-5,12,14,17H,6-10H2,1H3/t12-,14-,15-,16+/m0/s1. The monoisotopic (exact) mass is 260 g/mol. The smallest absolute Gasteiger partial charge is 0.125 e. The third-order valence-electron chi connectivity index (χ3n) is 5.43. The van der Waals surface area contributed by atoms with Crippen LogP contribution in [0.5, 0.6) is 5.75 Å². The number of aliphatic hydroxyl groups is 1. The number of fused-ring (bicyclic) bond motifs is 3. The fourth-order valence-corrected chi connectivity index (χ4v) is 4.11. The molecule has 4 rings (SSSR count). The van der Waals surface area contributed by atoms with E-state index in [-0.39, 0.29) is 23.7 Å². The van der Waals surface area contributed by atoms with Gasteiger partial charge in [-0.25, -0.2) is 0 Å². The first-order chi connectivity index (χ1) is 9.16. The van der Waals surface area contributed by atoms with Crippen LogP contribution in [-0.4, -0.2) is 23.9 Å². The van der Waals surface area contributed by atoms with Crippen LogP contribution < -0.4 is 4.74 Å². The van der Waals surface area contributed by atoms with Crippen molar-refractivity contribution < 1.29 is 14.6 Å². The predicted octanol–water partition coefficient (Wildman–Crippen LogP) is 2.69. The Morgan fingerprint density at radius 3 is 3.00 bits per heavy atom. The van der Waals surface area contributed by atoms with E-state index in [1.165, 1.54) is 5.56 Å². The summed E-state index contributed by atoms with van der Waals surface area (Å²) in [5, 5.41) is 9.71. The van der Waals surface area contributed by atoms with Crippen LogP contribution >= 0.6 is 0 Å². The highest BCUT2D eigenvalue weighted by Crippen LogP contribution is 2.58. The lowest BCUT2D eigenvalue weighted by molar-refractivity contribution is -0.210. The quantitative estimate of drug-likeness (QED) is 0.843. The summed E-state index contributed by atoms with van der Waals surface area (Å²) in [5.74, 6) is 1.33. The van der Waals surface area contributed by atoms with Crippen LogP contribution in [0.1, 0.15) is 37.9 Å². The van der Waals surface area contributed by atoms with Gasteiger partial charge in [0.05, 0.1) is 19.3 Å². The van der Waals surface area contributed by atoms with Gasteiger partial charge in [0.1, 0.15) is 11.4 Å². The second-order valence-electron chi connectivity index (χ2n) is 6.65. The minimum Gasteiger partial charge on any atom is -0.487 e. The van der Waals surface area contributed by atoms with Crippen molar-refractivity contribution in [2.24, 2.45) is 11.3 Å². The molecule has 0 amide bonds. The van der Waals surface area contributed by atoms with E-state index in [1.54, 1.807) is 0 Å². The topological polar surface area (TPSA) is 38.7 Å². The van der Waals surface area contributed by atoms with Crippen molar-refractivity contribution in [1.82, 2.24) is 0 Å². The molecule has 1 aliphatic carbocycles. The predicted molar refractivity (Wildman–Crippen MR) is 71.0 cm³/mol. The van der Waals surface area contributed by atoms with Crippen LogP contribution in [0.15, 0.2) is 24.3 Å². The molecule has 0 spiro atoms. The van der Waals surface area contributed by atoms with Gasteiger partial charge in [0.15, 0.2) is 0 Å². The van der Waals surface area contributed by atoms with Gasteiger partial charge in [0.2, 0.25) is 0 Å². The summed E-state index contributed by atoms with van der Waals surface area (Å²) in [6, 6.07) is 8.22. The molecule has 2 bridgehead atoms. The van der Waals surface area contributed by atoms with Crippen LogP contribution in [0.2, 0.25) is 0 Å². The van der Waals surface area contributed by atoms with E-state index in [9.17, 15) is 5.11 Å². The van der Waals surface area contributed by atoms with Crippen molar-refractivity contribution in [2.75, 3.05) is 13.2 Å². The molecule has 1 aromatic rings. The first kappa shape index (κ1) is 11.7. The molecule has 3 aliphatic rings. The Bertz CT molecular complexity index is 514. The maximum absolute atomic E-state index is 9.71. The zero-order valence-electron chi connectivity index (χ0n) is 11.3. The minimum absolute atomic E-state index is 0.0314. The van der Waals surface area contributed by atoms with Crippen molar-refractivity contribution in [3.8, 4) is 5.75 Å². The van der Waals surface area contributed by atoms with Crippen LogP contribution in [0.3, 0.4) is 0 Å². The highest BCUT2D eigenvalue weighted by Gasteiger charge is 2.57. The summed E-state index contributed by atoms with van der Waals surface area (Å²) in [4.78, 5) is 0. The molecule has 102 valence electrons. The molecule has 0 aromatic heterocycles. The van der Waals surface area contributed by atoms with Gasteiger partial charge < -0.3 is 14.6 Å². The van der Waals surface area contributed by atoms with Gasteiger partial charge in [-0.3, -0.25) is 0 Å². The van der Waals surface area contributed by atoms with E-state index in [4.69, 9.17) is 9.47 Å².